The van der Waals surface area contributed by atoms with Gasteiger partial charge >= 0.3 is 6.03 Å². The van der Waals surface area contributed by atoms with Crippen molar-refractivity contribution in [3.8, 4) is 11.8 Å². The van der Waals surface area contributed by atoms with Crippen LogP contribution >= 0.6 is 11.6 Å². The van der Waals surface area contributed by atoms with Crippen molar-refractivity contribution in [2.45, 2.75) is 13.0 Å². The van der Waals surface area contributed by atoms with E-state index in [9.17, 15) is 9.59 Å². The Balaban J connectivity index is 2.72. The number of halogens is 1. The molecule has 1 aromatic carbocycles. The van der Waals surface area contributed by atoms with Gasteiger partial charge in [0.05, 0.1) is 16.7 Å². The Morgan fingerprint density at radius 1 is 1.47 bits per heavy atom. The molecule has 0 aliphatic rings. The maximum absolute atomic E-state index is 11.6. The van der Waals surface area contributed by atoms with Crippen LogP contribution in [0.15, 0.2) is 18.2 Å². The molecule has 0 radical (unpaired) electrons. The average Bonchev–Trinajstić information content (AvgIpc) is 2.40. The number of imide groups is 1. The van der Waals surface area contributed by atoms with Crippen LogP contribution in [-0.4, -0.2) is 25.1 Å². The minimum Gasteiger partial charge on any atom is -0.479 e. The maximum atomic E-state index is 11.6. The van der Waals surface area contributed by atoms with Crippen LogP contribution in [0.5, 0.6) is 5.75 Å². The molecule has 0 heterocycles. The molecule has 0 aliphatic carbocycles. The van der Waals surface area contributed by atoms with Gasteiger partial charge in [0.1, 0.15) is 5.75 Å². The summed E-state index contributed by atoms with van der Waals surface area (Å²) in [6, 6.07) is 5.75. The number of amides is 3. The third kappa shape index (κ3) is 4.16. The maximum Gasteiger partial charge on any atom is 0.321 e. The van der Waals surface area contributed by atoms with Gasteiger partial charge in [0, 0.05) is 7.05 Å². The number of nitriles is 1. The SMILES string of the molecule is CNC(=O)NC(=O)C(C)Oc1ccc(C#N)cc1Cl. The van der Waals surface area contributed by atoms with Crippen molar-refractivity contribution >= 4 is 23.5 Å². The number of carbonyl (C=O) groups is 2. The number of hydrogen-bond donors (Lipinski definition) is 2. The second-order valence-corrected chi connectivity index (χ2v) is 3.99. The van der Waals surface area contributed by atoms with Crippen LogP contribution in [0.1, 0.15) is 12.5 Å². The predicted molar refractivity (Wildman–Crippen MR) is 68.9 cm³/mol. The fraction of sp³-hybridized carbons (Fsp3) is 0.250. The van der Waals surface area contributed by atoms with Gasteiger partial charge in [-0.05, 0) is 25.1 Å². The molecule has 0 aromatic heterocycles. The van der Waals surface area contributed by atoms with Crippen molar-refractivity contribution in [2.24, 2.45) is 0 Å². The highest BCUT2D eigenvalue weighted by Gasteiger charge is 2.18. The number of rotatable bonds is 3. The van der Waals surface area contributed by atoms with Crippen LogP contribution in [-0.2, 0) is 4.79 Å². The van der Waals surface area contributed by atoms with Crippen molar-refractivity contribution in [3.63, 3.8) is 0 Å². The van der Waals surface area contributed by atoms with Gasteiger partial charge in [0.15, 0.2) is 6.10 Å². The number of urea groups is 1. The minimum atomic E-state index is -0.900. The number of hydrogen-bond acceptors (Lipinski definition) is 4. The van der Waals surface area contributed by atoms with E-state index in [0.29, 0.717) is 5.56 Å². The first-order chi connectivity index (χ1) is 8.97. The fourth-order valence-electron chi connectivity index (χ4n) is 1.19. The summed E-state index contributed by atoms with van der Waals surface area (Å²) >= 11 is 5.90. The highest BCUT2D eigenvalue weighted by atomic mass is 35.5. The summed E-state index contributed by atoms with van der Waals surface area (Å²) in [5.41, 5.74) is 0.389. The molecule has 6 nitrogen and oxygen atoms in total. The molecule has 1 atom stereocenters. The van der Waals surface area contributed by atoms with E-state index in [-0.39, 0.29) is 10.8 Å². The van der Waals surface area contributed by atoms with E-state index < -0.39 is 18.0 Å². The molecule has 1 rings (SSSR count). The van der Waals surface area contributed by atoms with E-state index >= 15 is 0 Å². The monoisotopic (exact) mass is 281 g/mol. The summed E-state index contributed by atoms with van der Waals surface area (Å²) in [6.45, 7) is 1.48. The van der Waals surface area contributed by atoms with Crippen molar-refractivity contribution in [1.29, 1.82) is 5.26 Å². The second-order valence-electron chi connectivity index (χ2n) is 3.59. The van der Waals surface area contributed by atoms with Crippen LogP contribution in [0.3, 0.4) is 0 Å². The lowest BCUT2D eigenvalue weighted by Crippen LogP contribution is -2.43. The molecular weight excluding hydrogens is 270 g/mol. The number of nitrogens with one attached hydrogen (secondary N) is 2. The third-order valence-electron chi connectivity index (χ3n) is 2.20. The molecule has 1 aromatic rings. The smallest absolute Gasteiger partial charge is 0.321 e. The zero-order valence-electron chi connectivity index (χ0n) is 10.4. The van der Waals surface area contributed by atoms with Gasteiger partial charge in [0.25, 0.3) is 5.91 Å². The molecule has 19 heavy (non-hydrogen) atoms. The number of benzene rings is 1. The number of carbonyl (C=O) groups excluding carboxylic acids is 2. The van der Waals surface area contributed by atoms with E-state index in [1.54, 1.807) is 0 Å². The summed E-state index contributed by atoms with van der Waals surface area (Å²) in [7, 11) is 1.39. The molecule has 1 unspecified atom stereocenters. The van der Waals surface area contributed by atoms with Crippen molar-refractivity contribution < 1.29 is 14.3 Å². The lowest BCUT2D eigenvalue weighted by atomic mass is 10.2. The van der Waals surface area contributed by atoms with E-state index in [2.05, 4.69) is 10.6 Å². The van der Waals surface area contributed by atoms with Crippen molar-refractivity contribution in [1.82, 2.24) is 10.6 Å². The first-order valence-corrected chi connectivity index (χ1v) is 5.74. The Kier molecular flexibility index (Phi) is 5.15. The topological polar surface area (TPSA) is 91.2 Å². The summed E-state index contributed by atoms with van der Waals surface area (Å²) in [6.07, 6.45) is -0.900. The van der Waals surface area contributed by atoms with Crippen LogP contribution in [0.4, 0.5) is 4.79 Å². The zero-order valence-corrected chi connectivity index (χ0v) is 11.1. The van der Waals surface area contributed by atoms with Gasteiger partial charge in [-0.2, -0.15) is 5.26 Å². The molecule has 0 aliphatic heterocycles. The molecule has 0 bridgehead atoms. The summed E-state index contributed by atoms with van der Waals surface area (Å²) in [5.74, 6) is -0.333. The molecular formula is C12H12ClN3O3. The fourth-order valence-corrected chi connectivity index (χ4v) is 1.41. The minimum absolute atomic E-state index is 0.221. The molecule has 2 N–H and O–H groups in total. The van der Waals surface area contributed by atoms with E-state index in [4.69, 9.17) is 21.6 Å². The van der Waals surface area contributed by atoms with Crippen LogP contribution in [0.2, 0.25) is 5.02 Å². The molecule has 100 valence electrons. The summed E-state index contributed by atoms with van der Waals surface area (Å²) < 4.78 is 5.32. The van der Waals surface area contributed by atoms with E-state index in [1.165, 1.54) is 32.2 Å². The highest BCUT2D eigenvalue weighted by Crippen LogP contribution is 2.26. The quantitative estimate of drug-likeness (QED) is 0.877. The number of nitrogens with zero attached hydrogens (tertiary/aromatic N) is 1. The third-order valence-corrected chi connectivity index (χ3v) is 2.49. The van der Waals surface area contributed by atoms with Crippen molar-refractivity contribution in [2.75, 3.05) is 7.05 Å². The molecule has 0 spiro atoms. The Bertz CT molecular complexity index is 540. The normalized spacial score (nSPS) is 11.1. The zero-order chi connectivity index (χ0) is 14.4. The lowest BCUT2D eigenvalue weighted by molar-refractivity contribution is -0.126. The predicted octanol–water partition coefficient (Wildman–Crippen LogP) is 1.43. The molecule has 0 fully saturated rings. The Labute approximate surface area is 115 Å². The molecule has 0 saturated carbocycles. The van der Waals surface area contributed by atoms with E-state index in [0.717, 1.165) is 0 Å². The second kappa shape index (κ2) is 6.61. The molecule has 0 saturated heterocycles. The van der Waals surface area contributed by atoms with Crippen LogP contribution in [0, 0.1) is 11.3 Å². The Morgan fingerprint density at radius 3 is 2.68 bits per heavy atom. The largest absolute Gasteiger partial charge is 0.479 e. The van der Waals surface area contributed by atoms with Crippen LogP contribution < -0.4 is 15.4 Å². The first kappa shape index (κ1) is 14.8. The summed E-state index contributed by atoms with van der Waals surface area (Å²) in [4.78, 5) is 22.5. The lowest BCUT2D eigenvalue weighted by Gasteiger charge is -2.14. The molecule has 7 heteroatoms. The van der Waals surface area contributed by atoms with Crippen LogP contribution in [0.25, 0.3) is 0 Å². The van der Waals surface area contributed by atoms with E-state index in [1.807, 2.05) is 6.07 Å². The van der Waals surface area contributed by atoms with Gasteiger partial charge in [-0.3, -0.25) is 10.1 Å². The van der Waals surface area contributed by atoms with Crippen molar-refractivity contribution in [3.05, 3.63) is 28.8 Å². The standard InChI is InChI=1S/C12H12ClN3O3/c1-7(11(17)16-12(18)15-2)19-10-4-3-8(6-14)5-9(10)13/h3-5,7H,1-2H3,(H2,15,16,17,18). The Hall–Kier alpha value is -2.26. The Morgan fingerprint density at radius 2 is 2.16 bits per heavy atom. The highest BCUT2D eigenvalue weighted by molar-refractivity contribution is 6.32. The first-order valence-electron chi connectivity index (χ1n) is 5.36. The van der Waals surface area contributed by atoms with Gasteiger partial charge < -0.3 is 10.1 Å². The van der Waals surface area contributed by atoms with Gasteiger partial charge in [-0.15, -0.1) is 0 Å². The molecule has 3 amide bonds. The number of ether oxygens (including phenoxy) is 1. The summed E-state index contributed by atoms with van der Waals surface area (Å²) in [5, 5.41) is 13.2. The average molecular weight is 282 g/mol. The van der Waals surface area contributed by atoms with Gasteiger partial charge in [-0.1, -0.05) is 11.6 Å². The van der Waals surface area contributed by atoms with Gasteiger partial charge in [-0.25, -0.2) is 4.79 Å². The van der Waals surface area contributed by atoms with Gasteiger partial charge in [0.2, 0.25) is 0 Å².